The zero-order chi connectivity index (χ0) is 26.9. The van der Waals surface area contributed by atoms with Crippen molar-refractivity contribution in [3.63, 3.8) is 0 Å². The van der Waals surface area contributed by atoms with Crippen LogP contribution >= 0.6 is 0 Å². The van der Waals surface area contributed by atoms with Crippen molar-refractivity contribution in [3.8, 4) is 16.9 Å². The second kappa shape index (κ2) is 8.64. The van der Waals surface area contributed by atoms with E-state index in [0.717, 1.165) is 67.0 Å². The third-order valence-electron chi connectivity index (χ3n) is 10.3. The lowest BCUT2D eigenvalue weighted by Gasteiger charge is -2.66. The number of ether oxygens (including phenoxy) is 1. The van der Waals surface area contributed by atoms with Crippen LogP contribution in [0.2, 0.25) is 0 Å². The number of hydrogen-bond donors (Lipinski definition) is 0. The number of benzene rings is 2. The summed E-state index contributed by atoms with van der Waals surface area (Å²) in [5, 5.41) is 4.06. The molecule has 0 aliphatic heterocycles. The number of carbonyl (C=O) groups is 1. The van der Waals surface area contributed by atoms with Crippen LogP contribution in [0.1, 0.15) is 75.9 Å². The zero-order valence-corrected chi connectivity index (χ0v) is 22.8. The lowest BCUT2D eigenvalue weighted by Crippen LogP contribution is -2.65. The first-order valence-corrected chi connectivity index (χ1v) is 14.3. The van der Waals surface area contributed by atoms with Gasteiger partial charge in [-0.15, -0.1) is 0 Å². The largest absolute Gasteiger partial charge is 0.497 e. The fraction of sp³-hybridized carbons (Fsp3) is 0.531. The number of alkyl halides is 1. The molecule has 1 aromatic heterocycles. The van der Waals surface area contributed by atoms with Crippen molar-refractivity contribution in [3.05, 3.63) is 60.2 Å². The molecule has 3 aromatic rings. The van der Waals surface area contributed by atoms with E-state index >= 15 is 0 Å². The van der Waals surface area contributed by atoms with Crippen molar-refractivity contribution in [1.29, 1.82) is 0 Å². The molecule has 39 heavy (non-hydrogen) atoms. The molecule has 6 aliphatic carbocycles. The second-order valence-electron chi connectivity index (χ2n) is 13.0. The predicted molar refractivity (Wildman–Crippen MR) is 146 cm³/mol. The Labute approximate surface area is 228 Å². The highest BCUT2D eigenvalue weighted by Crippen LogP contribution is 2.71. The second-order valence-corrected chi connectivity index (χ2v) is 13.0. The summed E-state index contributed by atoms with van der Waals surface area (Å²) < 4.78 is 25.4. The Balaban J connectivity index is 1.16. The number of halogens is 1. The number of anilines is 1. The molecule has 6 saturated carbocycles. The number of hydrogen-bond acceptors (Lipinski definition) is 5. The van der Waals surface area contributed by atoms with E-state index in [4.69, 9.17) is 9.26 Å². The molecule has 7 heteroatoms. The van der Waals surface area contributed by atoms with Gasteiger partial charge < -0.3 is 14.2 Å². The first-order valence-electron chi connectivity index (χ1n) is 14.3. The lowest BCUT2D eigenvalue weighted by molar-refractivity contribution is -0.215. The molecule has 0 unspecified atom stereocenters. The van der Waals surface area contributed by atoms with Crippen molar-refractivity contribution in [1.82, 2.24) is 10.1 Å². The van der Waals surface area contributed by atoms with Crippen molar-refractivity contribution in [2.24, 2.45) is 10.8 Å². The van der Waals surface area contributed by atoms with Gasteiger partial charge in [-0.3, -0.25) is 4.79 Å². The van der Waals surface area contributed by atoms with Crippen LogP contribution in [0.25, 0.3) is 11.1 Å². The molecular weight excluding hydrogens is 493 g/mol. The number of nitrogens with zero attached hydrogens (tertiary/aromatic N) is 3. The Morgan fingerprint density at radius 3 is 2.26 bits per heavy atom. The summed E-state index contributed by atoms with van der Waals surface area (Å²) in [5.74, 6) is 2.41. The first kappa shape index (κ1) is 24.8. The van der Waals surface area contributed by atoms with Gasteiger partial charge >= 0.3 is 0 Å². The van der Waals surface area contributed by atoms with Crippen LogP contribution in [0.15, 0.2) is 53.1 Å². The van der Waals surface area contributed by atoms with Gasteiger partial charge in [-0.2, -0.15) is 4.98 Å². The van der Waals surface area contributed by atoms with Gasteiger partial charge in [-0.25, -0.2) is 4.39 Å². The Bertz CT molecular complexity index is 1390. The molecule has 6 aliphatic rings. The van der Waals surface area contributed by atoms with E-state index in [2.05, 4.69) is 28.3 Å². The van der Waals surface area contributed by atoms with Crippen LogP contribution in [0.4, 0.5) is 10.1 Å². The highest BCUT2D eigenvalue weighted by atomic mass is 19.1. The summed E-state index contributed by atoms with van der Waals surface area (Å²) in [6.07, 6.45) is 8.19. The Hall–Kier alpha value is -3.22. The molecule has 0 saturated heterocycles. The van der Waals surface area contributed by atoms with E-state index in [-0.39, 0.29) is 22.2 Å². The van der Waals surface area contributed by atoms with Crippen molar-refractivity contribution in [2.45, 2.75) is 82.2 Å². The van der Waals surface area contributed by atoms with E-state index < -0.39 is 5.67 Å². The monoisotopic (exact) mass is 529 g/mol. The quantitative estimate of drug-likeness (QED) is 0.315. The van der Waals surface area contributed by atoms with Gasteiger partial charge in [0.1, 0.15) is 11.4 Å². The molecule has 1 heterocycles. The molecule has 6 fully saturated rings. The number of fused-ring (bicyclic) bond motifs is 3. The van der Waals surface area contributed by atoms with Gasteiger partial charge in [0.2, 0.25) is 11.8 Å². The van der Waals surface area contributed by atoms with Crippen molar-refractivity contribution in [2.75, 3.05) is 18.6 Å². The maximum atomic E-state index is 14.3. The topological polar surface area (TPSA) is 68.5 Å². The average Bonchev–Trinajstić information content (AvgIpc) is 3.38. The van der Waals surface area contributed by atoms with Gasteiger partial charge in [0.25, 0.3) is 0 Å². The van der Waals surface area contributed by atoms with Crippen LogP contribution in [-0.4, -0.2) is 35.4 Å². The molecule has 4 bridgehead atoms. The molecule has 0 N–H and O–H groups in total. The number of carbonyl (C=O) groups excluding carboxylic acids is 1. The summed E-state index contributed by atoms with van der Waals surface area (Å²) in [5.41, 5.74) is 1.94. The third-order valence-corrected chi connectivity index (χ3v) is 10.3. The number of methoxy groups -OCH3 is 1. The Morgan fingerprint density at radius 1 is 0.974 bits per heavy atom. The highest BCUT2D eigenvalue weighted by molar-refractivity contribution is 5.95. The number of rotatable bonds is 8. The summed E-state index contributed by atoms with van der Waals surface area (Å²) >= 11 is 0. The highest BCUT2D eigenvalue weighted by Gasteiger charge is 2.69. The minimum atomic E-state index is -1.00. The van der Waals surface area contributed by atoms with Crippen LogP contribution < -0.4 is 9.64 Å². The molecule has 9 rings (SSSR count). The van der Waals surface area contributed by atoms with E-state index in [1.807, 2.05) is 42.2 Å². The Kier molecular flexibility index (Phi) is 5.49. The van der Waals surface area contributed by atoms with Gasteiger partial charge in [-0.1, -0.05) is 29.4 Å². The predicted octanol–water partition coefficient (Wildman–Crippen LogP) is 6.96. The number of aryl methyl sites for hydroxylation is 1. The molecule has 204 valence electrons. The van der Waals surface area contributed by atoms with Crippen molar-refractivity contribution >= 4 is 11.6 Å². The molecule has 6 nitrogen and oxygen atoms in total. The maximum absolute atomic E-state index is 14.3. The molecule has 0 spiro atoms. The van der Waals surface area contributed by atoms with Crippen LogP contribution in [0.5, 0.6) is 5.75 Å². The average molecular weight is 530 g/mol. The minimum absolute atomic E-state index is 0.0224. The zero-order valence-electron chi connectivity index (χ0n) is 22.8. The standard InChI is InChI=1S/C32H36FN3O3/c1-22-34-28(39-35-22)31-12-9-29(10-13-31,11-14-31)21-36(27(37)17-30-18-32(33,19-30)20-30)25-7-3-5-23(15-25)24-6-4-8-26(16-24)38-2/h3-8,15-16H,9-14,17-21H2,1-2H3. The van der Waals surface area contributed by atoms with Crippen LogP contribution in [0.3, 0.4) is 0 Å². The summed E-state index contributed by atoms with van der Waals surface area (Å²) in [7, 11) is 1.67. The van der Waals surface area contributed by atoms with Crippen molar-refractivity contribution < 1.29 is 18.4 Å². The fourth-order valence-corrected chi connectivity index (χ4v) is 8.11. The summed E-state index contributed by atoms with van der Waals surface area (Å²) in [6.45, 7) is 2.57. The first-order chi connectivity index (χ1) is 18.7. The molecule has 1 amide bonds. The molecule has 2 aromatic carbocycles. The normalized spacial score (nSPS) is 32.3. The lowest BCUT2D eigenvalue weighted by atomic mass is 9.41. The summed E-state index contributed by atoms with van der Waals surface area (Å²) in [6, 6.07) is 16.3. The van der Waals surface area contributed by atoms with E-state index in [0.29, 0.717) is 38.1 Å². The number of aromatic nitrogens is 2. The SMILES string of the molecule is COc1cccc(-c2cccc(N(CC34CCC(c5nc(C)no5)(CC3)CC4)C(=O)CC34CC(F)(C3)C4)c2)c1. The van der Waals surface area contributed by atoms with Gasteiger partial charge in [0.15, 0.2) is 5.82 Å². The Morgan fingerprint density at radius 2 is 1.64 bits per heavy atom. The van der Waals surface area contributed by atoms with Crippen LogP contribution in [0, 0.1) is 17.8 Å². The molecule has 0 radical (unpaired) electrons. The number of amides is 1. The van der Waals surface area contributed by atoms with Gasteiger partial charge in [-0.05, 0) is 111 Å². The minimum Gasteiger partial charge on any atom is -0.497 e. The summed E-state index contributed by atoms with van der Waals surface area (Å²) in [4.78, 5) is 20.6. The molecule has 0 atom stereocenters. The third kappa shape index (κ3) is 4.16. The van der Waals surface area contributed by atoms with Gasteiger partial charge in [0.05, 0.1) is 7.11 Å². The van der Waals surface area contributed by atoms with Crippen LogP contribution in [-0.2, 0) is 10.2 Å². The fourth-order valence-electron chi connectivity index (χ4n) is 8.11. The van der Waals surface area contributed by atoms with E-state index in [1.54, 1.807) is 7.11 Å². The van der Waals surface area contributed by atoms with E-state index in [9.17, 15) is 9.18 Å². The van der Waals surface area contributed by atoms with E-state index in [1.165, 1.54) is 0 Å². The van der Waals surface area contributed by atoms with Gasteiger partial charge in [0, 0.05) is 24.1 Å². The smallest absolute Gasteiger partial charge is 0.232 e. The maximum Gasteiger partial charge on any atom is 0.232 e. The molecular formula is C32H36FN3O3.